The van der Waals surface area contributed by atoms with Crippen LogP contribution in [0.2, 0.25) is 0 Å². The first-order valence-electron chi connectivity index (χ1n) is 9.34. The molecular formula is C20H25F3N4O. The van der Waals surface area contributed by atoms with E-state index in [1.807, 2.05) is 20.9 Å². The molecule has 2 heterocycles. The van der Waals surface area contributed by atoms with Crippen molar-refractivity contribution in [3.8, 4) is 0 Å². The van der Waals surface area contributed by atoms with E-state index in [0.717, 1.165) is 37.7 Å². The Kier molecular flexibility index (Phi) is 5.79. The third-order valence-electron chi connectivity index (χ3n) is 5.32. The van der Waals surface area contributed by atoms with E-state index in [-0.39, 0.29) is 11.9 Å². The molecule has 0 bridgehead atoms. The van der Waals surface area contributed by atoms with E-state index in [4.69, 9.17) is 0 Å². The molecule has 0 saturated carbocycles. The van der Waals surface area contributed by atoms with Gasteiger partial charge in [0, 0.05) is 38.4 Å². The number of nitrogens with one attached hydrogen (secondary N) is 1. The topological polar surface area (TPSA) is 50.2 Å². The van der Waals surface area contributed by atoms with Gasteiger partial charge in [-0.05, 0) is 38.3 Å². The molecule has 3 rings (SSSR count). The fourth-order valence-corrected chi connectivity index (χ4v) is 3.70. The zero-order chi connectivity index (χ0) is 20.5. The molecule has 1 N–H and O–H groups in total. The van der Waals surface area contributed by atoms with Crippen LogP contribution in [-0.2, 0) is 19.8 Å². The lowest BCUT2D eigenvalue weighted by Gasteiger charge is -2.32. The summed E-state index contributed by atoms with van der Waals surface area (Å²) in [5.41, 5.74) is 2.19. The molecule has 0 unspecified atom stereocenters. The summed E-state index contributed by atoms with van der Waals surface area (Å²) < 4.78 is 40.3. The lowest BCUT2D eigenvalue weighted by molar-refractivity contribution is -0.137. The average molecular weight is 394 g/mol. The predicted octanol–water partition coefficient (Wildman–Crippen LogP) is 3.45. The van der Waals surface area contributed by atoms with Crippen molar-refractivity contribution in [3.05, 3.63) is 52.3 Å². The number of rotatable bonds is 4. The molecule has 5 nitrogen and oxygen atoms in total. The Morgan fingerprint density at radius 2 is 1.93 bits per heavy atom. The maximum atomic E-state index is 12.9. The summed E-state index contributed by atoms with van der Waals surface area (Å²) in [6, 6.07) is 5.53. The molecule has 0 spiro atoms. The van der Waals surface area contributed by atoms with E-state index in [2.05, 4.69) is 15.3 Å². The second-order valence-electron chi connectivity index (χ2n) is 7.39. The van der Waals surface area contributed by atoms with Crippen molar-refractivity contribution in [2.45, 2.75) is 45.5 Å². The quantitative estimate of drug-likeness (QED) is 0.864. The van der Waals surface area contributed by atoms with Crippen molar-refractivity contribution in [1.82, 2.24) is 20.0 Å². The van der Waals surface area contributed by atoms with Gasteiger partial charge in [0.1, 0.15) is 0 Å². The Morgan fingerprint density at radius 1 is 1.25 bits per heavy atom. The fourth-order valence-electron chi connectivity index (χ4n) is 3.70. The van der Waals surface area contributed by atoms with Crippen LogP contribution < -0.4 is 5.32 Å². The summed E-state index contributed by atoms with van der Waals surface area (Å²) in [4.78, 5) is 14.7. The zero-order valence-corrected chi connectivity index (χ0v) is 16.3. The van der Waals surface area contributed by atoms with Gasteiger partial charge >= 0.3 is 6.18 Å². The van der Waals surface area contributed by atoms with E-state index in [0.29, 0.717) is 23.4 Å². The van der Waals surface area contributed by atoms with Crippen molar-refractivity contribution < 1.29 is 18.0 Å². The number of hydrogen-bond donors (Lipinski definition) is 1. The first-order chi connectivity index (χ1) is 13.1. The molecule has 28 heavy (non-hydrogen) atoms. The summed E-state index contributed by atoms with van der Waals surface area (Å²) in [5.74, 6) is -0.112. The fraction of sp³-hybridized carbons (Fsp3) is 0.500. The zero-order valence-electron chi connectivity index (χ0n) is 16.3. The standard InChI is InChI=1S/C20H25F3N4O/c1-13-18(14(2)26(3)25-13)19(28)24-17-7-9-27(10-8-17)12-15-5-4-6-16(11-15)20(21,22)23/h4-6,11,17H,7-10,12H2,1-3H3,(H,24,28). The monoisotopic (exact) mass is 394 g/mol. The number of carbonyl (C=O) groups excluding carboxylic acids is 1. The molecule has 0 aliphatic carbocycles. The van der Waals surface area contributed by atoms with Gasteiger partial charge in [-0.3, -0.25) is 14.4 Å². The molecule has 1 aliphatic heterocycles. The molecule has 1 aromatic carbocycles. The number of carbonyl (C=O) groups is 1. The number of likely N-dealkylation sites (tertiary alicyclic amines) is 1. The molecule has 1 saturated heterocycles. The Morgan fingerprint density at radius 3 is 2.50 bits per heavy atom. The summed E-state index contributed by atoms with van der Waals surface area (Å²) in [7, 11) is 1.81. The highest BCUT2D eigenvalue weighted by Crippen LogP contribution is 2.30. The van der Waals surface area contributed by atoms with Crippen LogP contribution in [-0.4, -0.2) is 39.7 Å². The normalized spacial score (nSPS) is 16.4. The van der Waals surface area contributed by atoms with E-state index in [9.17, 15) is 18.0 Å². The first kappa shape index (κ1) is 20.4. The smallest absolute Gasteiger partial charge is 0.349 e. The van der Waals surface area contributed by atoms with E-state index in [1.165, 1.54) is 12.1 Å². The molecule has 1 amide bonds. The first-order valence-corrected chi connectivity index (χ1v) is 9.34. The van der Waals surface area contributed by atoms with Crippen LogP contribution in [0.5, 0.6) is 0 Å². The van der Waals surface area contributed by atoms with Crippen LogP contribution in [0.4, 0.5) is 13.2 Å². The van der Waals surface area contributed by atoms with Crippen LogP contribution >= 0.6 is 0 Å². The Hall–Kier alpha value is -2.35. The molecule has 0 radical (unpaired) electrons. The second kappa shape index (κ2) is 7.95. The van der Waals surface area contributed by atoms with Crippen LogP contribution in [0.25, 0.3) is 0 Å². The highest BCUT2D eigenvalue weighted by Gasteiger charge is 2.30. The van der Waals surface area contributed by atoms with Crippen molar-refractivity contribution in [2.24, 2.45) is 7.05 Å². The average Bonchev–Trinajstić information content (AvgIpc) is 2.88. The lowest BCUT2D eigenvalue weighted by atomic mass is 10.0. The van der Waals surface area contributed by atoms with Gasteiger partial charge in [-0.2, -0.15) is 18.3 Å². The molecule has 1 aliphatic rings. The number of benzene rings is 1. The molecule has 8 heteroatoms. The van der Waals surface area contributed by atoms with Gasteiger partial charge in [-0.15, -0.1) is 0 Å². The number of aryl methyl sites for hydroxylation is 2. The highest BCUT2D eigenvalue weighted by atomic mass is 19.4. The van der Waals surface area contributed by atoms with Gasteiger partial charge in [0.05, 0.1) is 16.8 Å². The maximum Gasteiger partial charge on any atom is 0.416 e. The molecule has 2 aromatic rings. The number of alkyl halides is 3. The van der Waals surface area contributed by atoms with Gasteiger partial charge in [-0.25, -0.2) is 0 Å². The SMILES string of the molecule is Cc1nn(C)c(C)c1C(=O)NC1CCN(Cc2cccc(C(F)(F)F)c2)CC1. The summed E-state index contributed by atoms with van der Waals surface area (Å²) in [5, 5.41) is 7.35. The van der Waals surface area contributed by atoms with Crippen molar-refractivity contribution in [3.63, 3.8) is 0 Å². The molecule has 1 aromatic heterocycles. The Balaban J connectivity index is 1.54. The highest BCUT2D eigenvalue weighted by molar-refractivity contribution is 5.96. The van der Waals surface area contributed by atoms with Crippen LogP contribution in [0.15, 0.2) is 24.3 Å². The van der Waals surface area contributed by atoms with Gasteiger partial charge in [0.25, 0.3) is 5.91 Å². The lowest BCUT2D eigenvalue weighted by Crippen LogP contribution is -2.44. The third-order valence-corrected chi connectivity index (χ3v) is 5.32. The number of piperidine rings is 1. The maximum absolute atomic E-state index is 12.9. The second-order valence-corrected chi connectivity index (χ2v) is 7.39. The minimum absolute atomic E-state index is 0.0595. The number of nitrogens with zero attached hydrogens (tertiary/aromatic N) is 3. The van der Waals surface area contributed by atoms with Gasteiger partial charge < -0.3 is 5.32 Å². The largest absolute Gasteiger partial charge is 0.416 e. The van der Waals surface area contributed by atoms with Crippen molar-refractivity contribution >= 4 is 5.91 Å². The van der Waals surface area contributed by atoms with Crippen LogP contribution in [0.3, 0.4) is 0 Å². The predicted molar refractivity (Wildman–Crippen MR) is 99.9 cm³/mol. The Labute approximate surface area is 162 Å². The molecule has 1 fully saturated rings. The summed E-state index contributed by atoms with van der Waals surface area (Å²) in [6.07, 6.45) is -2.79. The number of aromatic nitrogens is 2. The van der Waals surface area contributed by atoms with Gasteiger partial charge in [-0.1, -0.05) is 18.2 Å². The van der Waals surface area contributed by atoms with Crippen LogP contribution in [0, 0.1) is 13.8 Å². The summed E-state index contributed by atoms with van der Waals surface area (Å²) in [6.45, 7) is 5.62. The van der Waals surface area contributed by atoms with Crippen LogP contribution in [0.1, 0.15) is 45.7 Å². The molecule has 0 atom stereocenters. The number of halogens is 3. The minimum atomic E-state index is -4.32. The van der Waals surface area contributed by atoms with Crippen molar-refractivity contribution in [1.29, 1.82) is 0 Å². The number of amides is 1. The van der Waals surface area contributed by atoms with Crippen molar-refractivity contribution in [2.75, 3.05) is 13.1 Å². The molecular weight excluding hydrogens is 369 g/mol. The number of hydrogen-bond acceptors (Lipinski definition) is 3. The van der Waals surface area contributed by atoms with E-state index < -0.39 is 11.7 Å². The van der Waals surface area contributed by atoms with Gasteiger partial charge in [0.2, 0.25) is 0 Å². The summed E-state index contributed by atoms with van der Waals surface area (Å²) >= 11 is 0. The minimum Gasteiger partial charge on any atom is -0.349 e. The van der Waals surface area contributed by atoms with E-state index in [1.54, 1.807) is 10.7 Å². The molecule has 152 valence electrons. The Bertz CT molecular complexity index is 852. The van der Waals surface area contributed by atoms with E-state index >= 15 is 0 Å². The van der Waals surface area contributed by atoms with Gasteiger partial charge in [0.15, 0.2) is 0 Å². The third kappa shape index (κ3) is 4.55.